The molecule has 4 rings (SSSR count). The number of piperidine rings is 1. The quantitative estimate of drug-likeness (QED) is 0.444. The van der Waals surface area contributed by atoms with E-state index in [0.29, 0.717) is 19.5 Å². The van der Waals surface area contributed by atoms with Gasteiger partial charge in [-0.2, -0.15) is 4.31 Å². The van der Waals surface area contributed by atoms with Gasteiger partial charge in [0.2, 0.25) is 10.0 Å². The molecule has 0 radical (unpaired) electrons. The summed E-state index contributed by atoms with van der Waals surface area (Å²) in [6.45, 7) is 0.679. The molecule has 0 saturated carbocycles. The summed E-state index contributed by atoms with van der Waals surface area (Å²) in [7, 11) is -3.86. The van der Waals surface area contributed by atoms with Gasteiger partial charge in [-0.3, -0.25) is 10.1 Å². The van der Waals surface area contributed by atoms with Gasteiger partial charge in [-0.25, -0.2) is 13.4 Å². The highest BCUT2D eigenvalue weighted by Crippen LogP contribution is 2.35. The van der Waals surface area contributed by atoms with Gasteiger partial charge in [-0.15, -0.1) is 11.3 Å². The summed E-state index contributed by atoms with van der Waals surface area (Å²) in [6.07, 6.45) is 1.56. The Morgan fingerprint density at radius 3 is 2.79 bits per heavy atom. The van der Waals surface area contributed by atoms with E-state index in [2.05, 4.69) is 4.98 Å². The molecule has 1 aromatic heterocycles. The Hall–Kier alpha value is -2.07. The van der Waals surface area contributed by atoms with Crippen LogP contribution in [0, 0.1) is 10.1 Å². The fraction of sp³-hybridized carbons (Fsp3) is 0.278. The fourth-order valence-corrected chi connectivity index (χ4v) is 6.19. The van der Waals surface area contributed by atoms with E-state index in [1.54, 1.807) is 11.3 Å². The average molecular weight is 438 g/mol. The van der Waals surface area contributed by atoms with Crippen LogP contribution in [-0.2, 0) is 10.0 Å². The maximum absolute atomic E-state index is 13.1. The van der Waals surface area contributed by atoms with Crippen LogP contribution >= 0.6 is 22.9 Å². The van der Waals surface area contributed by atoms with Gasteiger partial charge in [0.25, 0.3) is 5.69 Å². The SMILES string of the molecule is O=[N+]([O-])c1cc(S(=O)(=O)N2CCCC(c3nc4ccccc4s3)C2)ccc1Cl. The van der Waals surface area contributed by atoms with Crippen LogP contribution in [0.3, 0.4) is 0 Å². The predicted molar refractivity (Wildman–Crippen MR) is 108 cm³/mol. The standard InChI is InChI=1S/C18H16ClN3O4S2/c19-14-8-7-13(10-16(14)22(23)24)28(25,26)21-9-3-4-12(11-21)18-20-15-5-1-2-6-17(15)27-18/h1-2,5-8,10,12H,3-4,9,11H2. The number of halogens is 1. The maximum atomic E-state index is 13.1. The van der Waals surface area contributed by atoms with E-state index in [1.807, 2.05) is 24.3 Å². The van der Waals surface area contributed by atoms with Crippen LogP contribution < -0.4 is 0 Å². The Bertz CT molecular complexity index is 1130. The minimum atomic E-state index is -3.86. The third-order valence-electron chi connectivity index (χ3n) is 4.80. The van der Waals surface area contributed by atoms with Gasteiger partial charge < -0.3 is 0 Å². The number of sulfonamides is 1. The number of rotatable bonds is 4. The Labute approximate surface area is 170 Å². The second-order valence-corrected chi connectivity index (χ2v) is 10.00. The Morgan fingerprint density at radius 1 is 1.25 bits per heavy atom. The number of nitro benzene ring substituents is 1. The van der Waals surface area contributed by atoms with Crippen LogP contribution in [0.25, 0.3) is 10.2 Å². The number of fused-ring (bicyclic) bond motifs is 1. The summed E-state index contributed by atoms with van der Waals surface area (Å²) in [5.74, 6) is 0.00297. The van der Waals surface area contributed by atoms with Crippen molar-refractivity contribution in [2.75, 3.05) is 13.1 Å². The molecule has 1 aliphatic heterocycles. The largest absolute Gasteiger partial charge is 0.289 e. The van der Waals surface area contributed by atoms with Gasteiger partial charge in [0.1, 0.15) is 5.02 Å². The molecular weight excluding hydrogens is 422 g/mol. The van der Waals surface area contributed by atoms with Crippen LogP contribution in [0.4, 0.5) is 5.69 Å². The minimum Gasteiger partial charge on any atom is -0.258 e. The second-order valence-electron chi connectivity index (χ2n) is 6.59. The first kappa shape index (κ1) is 19.3. The molecule has 7 nitrogen and oxygen atoms in total. The topological polar surface area (TPSA) is 93.4 Å². The third-order valence-corrected chi connectivity index (χ3v) is 8.18. The normalized spacial score (nSPS) is 18.4. The van der Waals surface area contributed by atoms with Crippen molar-refractivity contribution < 1.29 is 13.3 Å². The number of para-hydroxylation sites is 1. The van der Waals surface area contributed by atoms with Crippen LogP contribution in [-0.4, -0.2) is 35.7 Å². The molecule has 3 aromatic rings. The van der Waals surface area contributed by atoms with Crippen molar-refractivity contribution in [2.24, 2.45) is 0 Å². The van der Waals surface area contributed by atoms with Crippen molar-refractivity contribution in [1.29, 1.82) is 0 Å². The van der Waals surface area contributed by atoms with Gasteiger partial charge >= 0.3 is 0 Å². The number of benzene rings is 2. The third kappa shape index (κ3) is 3.50. The molecule has 28 heavy (non-hydrogen) atoms. The van der Waals surface area contributed by atoms with E-state index in [0.717, 1.165) is 27.7 Å². The lowest BCUT2D eigenvalue weighted by Gasteiger charge is -2.30. The van der Waals surface area contributed by atoms with E-state index in [4.69, 9.17) is 11.6 Å². The van der Waals surface area contributed by atoms with Crippen LogP contribution in [0.5, 0.6) is 0 Å². The monoisotopic (exact) mass is 437 g/mol. The summed E-state index contributed by atoms with van der Waals surface area (Å²) in [6, 6.07) is 11.4. The van der Waals surface area contributed by atoms with E-state index < -0.39 is 20.6 Å². The van der Waals surface area contributed by atoms with Crippen molar-refractivity contribution >= 4 is 48.9 Å². The Kier molecular flexibility index (Phi) is 5.09. The molecule has 1 aliphatic rings. The molecule has 0 N–H and O–H groups in total. The maximum Gasteiger partial charge on any atom is 0.289 e. The smallest absolute Gasteiger partial charge is 0.258 e. The lowest BCUT2D eigenvalue weighted by Crippen LogP contribution is -2.39. The molecule has 1 saturated heterocycles. The molecule has 2 aromatic carbocycles. The van der Waals surface area contributed by atoms with Crippen molar-refractivity contribution in [3.05, 3.63) is 62.6 Å². The van der Waals surface area contributed by atoms with Crippen LogP contribution in [0.1, 0.15) is 23.8 Å². The van der Waals surface area contributed by atoms with Gasteiger partial charge in [-0.05, 0) is 37.1 Å². The average Bonchev–Trinajstić information content (AvgIpc) is 3.12. The molecule has 0 amide bonds. The number of nitrogens with zero attached hydrogens (tertiary/aromatic N) is 3. The molecule has 2 heterocycles. The fourth-order valence-electron chi connectivity index (χ4n) is 3.37. The van der Waals surface area contributed by atoms with Crippen molar-refractivity contribution in [3.63, 3.8) is 0 Å². The van der Waals surface area contributed by atoms with Crippen molar-refractivity contribution in [1.82, 2.24) is 9.29 Å². The first-order chi connectivity index (χ1) is 13.4. The zero-order valence-corrected chi connectivity index (χ0v) is 17.0. The van der Waals surface area contributed by atoms with Gasteiger partial charge in [-0.1, -0.05) is 23.7 Å². The van der Waals surface area contributed by atoms with Gasteiger partial charge in [0.05, 0.1) is 25.0 Å². The second kappa shape index (κ2) is 7.40. The van der Waals surface area contributed by atoms with Gasteiger partial charge in [0, 0.05) is 25.1 Å². The van der Waals surface area contributed by atoms with E-state index >= 15 is 0 Å². The van der Waals surface area contributed by atoms with Crippen molar-refractivity contribution in [2.45, 2.75) is 23.7 Å². The summed E-state index contributed by atoms with van der Waals surface area (Å²) >= 11 is 7.39. The number of hydrogen-bond donors (Lipinski definition) is 0. The molecule has 1 unspecified atom stereocenters. The molecular formula is C18H16ClN3O4S2. The highest BCUT2D eigenvalue weighted by atomic mass is 35.5. The lowest BCUT2D eigenvalue weighted by molar-refractivity contribution is -0.384. The molecule has 10 heteroatoms. The summed E-state index contributed by atoms with van der Waals surface area (Å²) < 4.78 is 28.6. The van der Waals surface area contributed by atoms with Crippen LogP contribution in [0.15, 0.2) is 47.4 Å². The highest BCUT2D eigenvalue weighted by molar-refractivity contribution is 7.89. The molecule has 0 spiro atoms. The summed E-state index contributed by atoms with van der Waals surface area (Å²) in [5.41, 5.74) is 0.498. The number of hydrogen-bond acceptors (Lipinski definition) is 6. The zero-order valence-electron chi connectivity index (χ0n) is 14.6. The number of aromatic nitrogens is 1. The summed E-state index contributed by atoms with van der Waals surface area (Å²) in [5, 5.41) is 11.9. The minimum absolute atomic E-state index is 0.00297. The number of nitro groups is 1. The highest BCUT2D eigenvalue weighted by Gasteiger charge is 2.33. The summed E-state index contributed by atoms with van der Waals surface area (Å²) in [4.78, 5) is 15.0. The first-order valence-electron chi connectivity index (χ1n) is 8.66. The molecule has 0 aliphatic carbocycles. The van der Waals surface area contributed by atoms with E-state index in [1.165, 1.54) is 16.4 Å². The Balaban J connectivity index is 1.63. The lowest BCUT2D eigenvalue weighted by atomic mass is 10.0. The van der Waals surface area contributed by atoms with Crippen LogP contribution in [0.2, 0.25) is 5.02 Å². The molecule has 1 fully saturated rings. The van der Waals surface area contributed by atoms with Gasteiger partial charge in [0.15, 0.2) is 0 Å². The number of thiazole rings is 1. The predicted octanol–water partition coefficient (Wildman–Crippen LogP) is 4.43. The molecule has 0 bridgehead atoms. The van der Waals surface area contributed by atoms with E-state index in [-0.39, 0.29) is 15.8 Å². The molecule has 146 valence electrons. The van der Waals surface area contributed by atoms with E-state index in [9.17, 15) is 18.5 Å². The first-order valence-corrected chi connectivity index (χ1v) is 11.3. The Morgan fingerprint density at radius 2 is 2.04 bits per heavy atom. The molecule has 1 atom stereocenters. The van der Waals surface area contributed by atoms with Crippen molar-refractivity contribution in [3.8, 4) is 0 Å². The zero-order chi connectivity index (χ0) is 19.9.